The van der Waals surface area contributed by atoms with E-state index in [-0.39, 0.29) is 17.7 Å². The van der Waals surface area contributed by atoms with E-state index in [1.54, 1.807) is 0 Å². The fourth-order valence-corrected chi connectivity index (χ4v) is 3.53. The molecular formula is C20H21ClN4OS. The van der Waals surface area contributed by atoms with Crippen LogP contribution in [0.25, 0.3) is 17.1 Å². The minimum atomic E-state index is -0.0261. The number of hydrogen-bond acceptors (Lipinski definition) is 4. The van der Waals surface area contributed by atoms with Crippen molar-refractivity contribution in [1.82, 2.24) is 20.1 Å². The number of nitrogens with zero attached hydrogens (tertiary/aromatic N) is 3. The van der Waals surface area contributed by atoms with Gasteiger partial charge < -0.3 is 5.32 Å². The molecule has 7 heteroatoms. The lowest BCUT2D eigenvalue weighted by Crippen LogP contribution is -2.31. The minimum absolute atomic E-state index is 0.0261. The number of rotatable bonds is 6. The van der Waals surface area contributed by atoms with Gasteiger partial charge in [-0.15, -0.1) is 10.2 Å². The summed E-state index contributed by atoms with van der Waals surface area (Å²) in [7, 11) is 0. The van der Waals surface area contributed by atoms with Crippen LogP contribution in [0.3, 0.4) is 0 Å². The van der Waals surface area contributed by atoms with Gasteiger partial charge in [-0.3, -0.25) is 9.36 Å². The molecule has 0 saturated heterocycles. The molecule has 1 aromatic heterocycles. The standard InChI is InChI=1S/C20H21ClN4OS/c1-13(2)22-18(26)12-27-20-24-23-19(15-7-9-16(21)10-8-15)25(20)17-6-4-5-14(3)11-17/h4-11,13H,12H2,1-3H3,(H,22,26). The second-order valence-electron chi connectivity index (χ2n) is 6.50. The molecule has 0 aliphatic heterocycles. The van der Waals surface area contributed by atoms with Gasteiger partial charge in [0.15, 0.2) is 11.0 Å². The maximum absolute atomic E-state index is 12.0. The number of carbonyl (C=O) groups is 1. The third kappa shape index (κ3) is 4.90. The van der Waals surface area contributed by atoms with Gasteiger partial charge in [0, 0.05) is 22.3 Å². The van der Waals surface area contributed by atoms with Gasteiger partial charge in [-0.2, -0.15) is 0 Å². The molecule has 2 aromatic carbocycles. The molecule has 3 rings (SSSR count). The van der Waals surface area contributed by atoms with Crippen LogP contribution in [0.4, 0.5) is 0 Å². The predicted octanol–water partition coefficient (Wildman–Crippen LogP) is 4.51. The number of aryl methyl sites for hydroxylation is 1. The van der Waals surface area contributed by atoms with Crippen molar-refractivity contribution in [1.29, 1.82) is 0 Å². The van der Waals surface area contributed by atoms with Crippen LogP contribution < -0.4 is 5.32 Å². The molecule has 0 unspecified atom stereocenters. The van der Waals surface area contributed by atoms with Crippen LogP contribution in [0.5, 0.6) is 0 Å². The Morgan fingerprint density at radius 3 is 2.59 bits per heavy atom. The molecule has 1 heterocycles. The largest absolute Gasteiger partial charge is 0.353 e. The third-order valence-corrected chi connectivity index (χ3v) is 4.96. The first-order valence-corrected chi connectivity index (χ1v) is 10.0. The second-order valence-corrected chi connectivity index (χ2v) is 7.88. The van der Waals surface area contributed by atoms with E-state index in [4.69, 9.17) is 11.6 Å². The van der Waals surface area contributed by atoms with Gasteiger partial charge in [-0.1, -0.05) is 35.5 Å². The molecule has 0 atom stereocenters. The number of hydrogen-bond donors (Lipinski definition) is 1. The van der Waals surface area contributed by atoms with Crippen LogP contribution in [-0.2, 0) is 4.79 Å². The van der Waals surface area contributed by atoms with E-state index >= 15 is 0 Å². The van der Waals surface area contributed by atoms with Crippen LogP contribution in [0.2, 0.25) is 5.02 Å². The first-order chi connectivity index (χ1) is 12.9. The van der Waals surface area contributed by atoms with Gasteiger partial charge >= 0.3 is 0 Å². The zero-order chi connectivity index (χ0) is 19.4. The zero-order valence-electron chi connectivity index (χ0n) is 15.4. The maximum atomic E-state index is 12.0. The van der Waals surface area contributed by atoms with E-state index < -0.39 is 0 Å². The Bertz CT molecular complexity index is 937. The first kappa shape index (κ1) is 19.5. The highest BCUT2D eigenvalue weighted by atomic mass is 35.5. The van der Waals surface area contributed by atoms with Crippen molar-refractivity contribution in [3.05, 3.63) is 59.1 Å². The molecule has 0 saturated carbocycles. The summed E-state index contributed by atoms with van der Waals surface area (Å²) in [5.41, 5.74) is 3.00. The average Bonchev–Trinajstić information content (AvgIpc) is 3.04. The van der Waals surface area contributed by atoms with E-state index in [1.165, 1.54) is 11.8 Å². The van der Waals surface area contributed by atoms with Crippen molar-refractivity contribution in [2.75, 3.05) is 5.75 Å². The van der Waals surface area contributed by atoms with E-state index in [9.17, 15) is 4.79 Å². The Morgan fingerprint density at radius 1 is 1.19 bits per heavy atom. The van der Waals surface area contributed by atoms with Gasteiger partial charge in [0.05, 0.1) is 5.75 Å². The van der Waals surface area contributed by atoms with E-state index in [1.807, 2.05) is 67.8 Å². The summed E-state index contributed by atoms with van der Waals surface area (Å²) >= 11 is 7.38. The van der Waals surface area contributed by atoms with Gasteiger partial charge in [-0.25, -0.2) is 0 Å². The number of amides is 1. The highest BCUT2D eigenvalue weighted by Crippen LogP contribution is 2.29. The van der Waals surface area contributed by atoms with Crippen molar-refractivity contribution in [3.63, 3.8) is 0 Å². The number of nitrogens with one attached hydrogen (secondary N) is 1. The van der Waals surface area contributed by atoms with Crippen LogP contribution in [0.1, 0.15) is 19.4 Å². The molecule has 1 amide bonds. The Labute approximate surface area is 168 Å². The number of aromatic nitrogens is 3. The van der Waals surface area contributed by atoms with Crippen molar-refractivity contribution in [2.45, 2.75) is 32.0 Å². The number of benzene rings is 2. The molecule has 27 heavy (non-hydrogen) atoms. The van der Waals surface area contributed by atoms with Crippen molar-refractivity contribution < 1.29 is 4.79 Å². The summed E-state index contributed by atoms with van der Waals surface area (Å²) in [6.07, 6.45) is 0. The zero-order valence-corrected chi connectivity index (χ0v) is 17.0. The molecule has 5 nitrogen and oxygen atoms in total. The monoisotopic (exact) mass is 400 g/mol. The van der Waals surface area contributed by atoms with Crippen LogP contribution in [0, 0.1) is 6.92 Å². The molecule has 140 valence electrons. The van der Waals surface area contributed by atoms with Crippen LogP contribution >= 0.6 is 23.4 Å². The minimum Gasteiger partial charge on any atom is -0.353 e. The Morgan fingerprint density at radius 2 is 1.93 bits per heavy atom. The highest BCUT2D eigenvalue weighted by molar-refractivity contribution is 7.99. The molecule has 0 spiro atoms. The lowest BCUT2D eigenvalue weighted by Gasteiger charge is -2.12. The highest BCUT2D eigenvalue weighted by Gasteiger charge is 2.17. The van der Waals surface area contributed by atoms with Crippen LogP contribution in [0.15, 0.2) is 53.7 Å². The van der Waals surface area contributed by atoms with Gasteiger partial charge in [0.1, 0.15) is 0 Å². The Kier molecular flexibility index (Phi) is 6.19. The van der Waals surface area contributed by atoms with Crippen molar-refractivity contribution in [3.8, 4) is 17.1 Å². The summed E-state index contributed by atoms with van der Waals surface area (Å²) in [5.74, 6) is 0.966. The summed E-state index contributed by atoms with van der Waals surface area (Å²) in [4.78, 5) is 12.0. The molecule has 0 aliphatic rings. The predicted molar refractivity (Wildman–Crippen MR) is 111 cm³/mol. The Balaban J connectivity index is 1.98. The summed E-state index contributed by atoms with van der Waals surface area (Å²) in [6, 6.07) is 15.7. The number of halogens is 1. The third-order valence-electron chi connectivity index (χ3n) is 3.78. The summed E-state index contributed by atoms with van der Waals surface area (Å²) in [6.45, 7) is 5.92. The molecule has 0 fully saturated rings. The average molecular weight is 401 g/mol. The SMILES string of the molecule is Cc1cccc(-n2c(SCC(=O)NC(C)C)nnc2-c2ccc(Cl)cc2)c1. The molecular weight excluding hydrogens is 380 g/mol. The summed E-state index contributed by atoms with van der Waals surface area (Å²) in [5, 5.41) is 12.9. The molecule has 0 aliphatic carbocycles. The fraction of sp³-hybridized carbons (Fsp3) is 0.250. The first-order valence-electron chi connectivity index (χ1n) is 8.64. The van der Waals surface area contributed by atoms with E-state index in [0.29, 0.717) is 16.0 Å². The molecule has 0 bridgehead atoms. The molecule has 0 radical (unpaired) electrons. The lowest BCUT2D eigenvalue weighted by atomic mass is 10.2. The quantitative estimate of drug-likeness (QED) is 0.618. The molecule has 3 aromatic rings. The topological polar surface area (TPSA) is 59.8 Å². The van der Waals surface area contributed by atoms with Gasteiger partial charge in [0.2, 0.25) is 5.91 Å². The van der Waals surface area contributed by atoms with E-state index in [0.717, 1.165) is 16.8 Å². The lowest BCUT2D eigenvalue weighted by molar-refractivity contribution is -0.119. The van der Waals surface area contributed by atoms with Crippen molar-refractivity contribution >= 4 is 29.3 Å². The number of carbonyl (C=O) groups excluding carboxylic acids is 1. The molecule has 1 N–H and O–H groups in total. The van der Waals surface area contributed by atoms with E-state index in [2.05, 4.69) is 21.6 Å². The second kappa shape index (κ2) is 8.59. The number of thioether (sulfide) groups is 1. The smallest absolute Gasteiger partial charge is 0.230 e. The summed E-state index contributed by atoms with van der Waals surface area (Å²) < 4.78 is 1.98. The fourth-order valence-electron chi connectivity index (χ4n) is 2.64. The normalized spacial score (nSPS) is 11.0. The van der Waals surface area contributed by atoms with Crippen LogP contribution in [-0.4, -0.2) is 32.5 Å². The maximum Gasteiger partial charge on any atom is 0.230 e. The Hall–Kier alpha value is -2.31. The van der Waals surface area contributed by atoms with Crippen molar-refractivity contribution in [2.24, 2.45) is 0 Å². The van der Waals surface area contributed by atoms with Gasteiger partial charge in [0.25, 0.3) is 0 Å². The van der Waals surface area contributed by atoms with Gasteiger partial charge in [-0.05, 0) is 62.7 Å².